The van der Waals surface area contributed by atoms with Crippen molar-refractivity contribution in [3.05, 3.63) is 71.5 Å². The van der Waals surface area contributed by atoms with Gasteiger partial charge in [-0.25, -0.2) is 4.98 Å². The predicted molar refractivity (Wildman–Crippen MR) is 216 cm³/mol. The number of hydrogen-bond donors (Lipinski definition) is 4. The van der Waals surface area contributed by atoms with Gasteiger partial charge in [0.25, 0.3) is 5.91 Å². The summed E-state index contributed by atoms with van der Waals surface area (Å²) in [6.07, 6.45) is -0.741. The average Bonchev–Trinajstić information content (AvgIpc) is 3.37. The monoisotopic (exact) mass is 838 g/mol. The fourth-order valence-corrected chi connectivity index (χ4v) is 8.41. The molecule has 4 amide bonds. The average molecular weight is 839 g/mol. The quantitative estimate of drug-likeness (QED) is 0.0907. The molecule has 3 atom stereocenters. The highest BCUT2D eigenvalue weighted by molar-refractivity contribution is 7.81. The molecule has 0 radical (unpaired) electrons. The summed E-state index contributed by atoms with van der Waals surface area (Å²) in [7, 11) is 0. The summed E-state index contributed by atoms with van der Waals surface area (Å²) in [4.78, 5) is 59.1. The van der Waals surface area contributed by atoms with Gasteiger partial charge in [-0.05, 0) is 113 Å². The van der Waals surface area contributed by atoms with Gasteiger partial charge in [-0.2, -0.15) is 18.4 Å². The molecular weight excluding hydrogens is 793 g/mol. The lowest BCUT2D eigenvalue weighted by atomic mass is 9.93. The van der Waals surface area contributed by atoms with Crippen molar-refractivity contribution >= 4 is 59.0 Å². The van der Waals surface area contributed by atoms with Crippen LogP contribution in [0, 0.1) is 17.2 Å². The van der Waals surface area contributed by atoms with Crippen LogP contribution in [-0.2, 0) is 31.8 Å². The lowest BCUT2D eigenvalue weighted by molar-refractivity contribution is -0.138. The molecule has 3 aliphatic heterocycles. The number of aryl methyl sites for hydroxylation is 1. The van der Waals surface area contributed by atoms with Crippen LogP contribution in [0.15, 0.2) is 54.7 Å². The minimum Gasteiger partial charge on any atom is -0.493 e. The van der Waals surface area contributed by atoms with Crippen molar-refractivity contribution in [2.45, 2.75) is 88.6 Å². The molecule has 18 heteroatoms. The van der Waals surface area contributed by atoms with Gasteiger partial charge in [-0.15, -0.1) is 12.6 Å². The number of nitrogens with zero attached hydrogens (tertiary/aromatic N) is 5. The summed E-state index contributed by atoms with van der Waals surface area (Å²) >= 11 is 4.65. The number of nitriles is 1. The Morgan fingerprint density at radius 2 is 1.81 bits per heavy atom. The van der Waals surface area contributed by atoms with Crippen molar-refractivity contribution in [1.29, 1.82) is 5.26 Å². The summed E-state index contributed by atoms with van der Waals surface area (Å²) in [5.74, 6) is -0.558. The number of hydrogen-bond acceptors (Lipinski definition) is 11. The highest BCUT2D eigenvalue weighted by Crippen LogP contribution is 2.43. The number of nitrogens with one attached hydrogen (secondary N) is 3. The van der Waals surface area contributed by atoms with E-state index < -0.39 is 53.1 Å². The summed E-state index contributed by atoms with van der Waals surface area (Å²) in [6, 6.07) is 13.4. The Balaban J connectivity index is 1.02. The van der Waals surface area contributed by atoms with E-state index in [2.05, 4.69) is 38.5 Å². The Bertz CT molecular complexity index is 2120. The van der Waals surface area contributed by atoms with Crippen LogP contribution < -0.4 is 30.5 Å². The molecule has 13 nitrogen and oxygen atoms in total. The second-order valence-electron chi connectivity index (χ2n) is 15.4. The second kappa shape index (κ2) is 17.8. The number of thiol groups is 1. The lowest BCUT2D eigenvalue weighted by Gasteiger charge is -2.35. The first-order valence-electron chi connectivity index (χ1n) is 19.4. The molecule has 3 N–H and O–H groups in total. The maximum atomic E-state index is 13.8. The normalized spacial score (nSPS) is 20.6. The first-order valence-corrected chi connectivity index (χ1v) is 19.9. The van der Waals surface area contributed by atoms with Gasteiger partial charge in [-0.1, -0.05) is 6.07 Å². The van der Waals surface area contributed by atoms with Crippen LogP contribution in [0.1, 0.15) is 69.7 Å². The van der Waals surface area contributed by atoms with Crippen molar-refractivity contribution in [2.24, 2.45) is 5.92 Å². The van der Waals surface area contributed by atoms with Crippen molar-refractivity contribution < 1.29 is 41.5 Å². The smallest absolute Gasteiger partial charge is 0.419 e. The number of halogens is 4. The largest absolute Gasteiger partial charge is 0.493 e. The minimum atomic E-state index is -4.87. The number of imide groups is 1. The molecule has 6 rings (SSSR count). The number of pyridine rings is 1. The maximum absolute atomic E-state index is 13.8. The third-order valence-corrected chi connectivity index (χ3v) is 11.6. The van der Waals surface area contributed by atoms with E-state index in [1.54, 1.807) is 61.2 Å². The first kappa shape index (κ1) is 43.2. The number of benzene rings is 2. The van der Waals surface area contributed by atoms with Gasteiger partial charge in [-0.3, -0.25) is 38.7 Å². The molecule has 4 heterocycles. The lowest BCUT2D eigenvalue weighted by Crippen LogP contribution is -2.47. The molecule has 0 aliphatic carbocycles. The maximum Gasteiger partial charge on any atom is 0.419 e. The highest BCUT2D eigenvalue weighted by Gasteiger charge is 2.52. The molecule has 3 saturated heterocycles. The van der Waals surface area contributed by atoms with Crippen molar-refractivity contribution in [1.82, 2.24) is 15.2 Å². The Hall–Kier alpha value is -5.41. The van der Waals surface area contributed by atoms with Crippen LogP contribution >= 0.6 is 12.6 Å². The molecule has 3 fully saturated rings. The number of rotatable bonds is 13. The molecule has 3 aromatic rings. The molecule has 59 heavy (non-hydrogen) atoms. The first-order chi connectivity index (χ1) is 28.0. The standard InChI is InChI=1S/C41H46F4N8O5S/c1-24(36(55)49-28-6-4-5-27(20-28)48-32-8-10-35(54)50-37(32)56)51-16-12-25(13-17-51)14-18-58-34-9-7-29(19-26(34)11-15-42)53-39(59)52(38(57)40(53,2)3)30-21-31(41(43,44)45)33(22-46)47-23-30/h4-7,9,19-21,23-25,32,39,48,59H,8,10-18H2,1-3H3,(H,49,55)(H,50,54,56)/t24-,32-,39+/m1/s1. The predicted octanol–water partition coefficient (Wildman–Crippen LogP) is 6.05. The van der Waals surface area contributed by atoms with Gasteiger partial charge in [0.1, 0.15) is 23.4 Å². The molecule has 0 spiro atoms. The highest BCUT2D eigenvalue weighted by atomic mass is 32.1. The SMILES string of the molecule is C[C@H](C(=O)Nc1cccc(N[C@@H]2CCC(=O)NC2=O)c1)N1CCC(CCOc2ccc(N3[C@@H](S)N(c4cnc(C#N)c(C(F)(F)F)c4)C(=O)C3(C)C)cc2CCF)CC1. The molecule has 1 aromatic heterocycles. The third kappa shape index (κ3) is 9.57. The van der Waals surface area contributed by atoms with Crippen LogP contribution in [0.2, 0.25) is 0 Å². The topological polar surface area (TPSA) is 160 Å². The molecule has 314 valence electrons. The number of ether oxygens (including phenoxy) is 1. The van der Waals surface area contributed by atoms with E-state index in [9.17, 15) is 42.0 Å². The van der Waals surface area contributed by atoms with Gasteiger partial charge >= 0.3 is 6.18 Å². The van der Waals surface area contributed by atoms with Crippen LogP contribution in [0.25, 0.3) is 0 Å². The van der Waals surface area contributed by atoms with E-state index in [1.807, 2.05) is 6.92 Å². The van der Waals surface area contributed by atoms with Crippen LogP contribution in [0.4, 0.5) is 40.3 Å². The van der Waals surface area contributed by atoms with Gasteiger partial charge in [0.2, 0.25) is 17.7 Å². The molecule has 3 aliphatic rings. The Labute approximate surface area is 344 Å². The zero-order valence-electron chi connectivity index (χ0n) is 32.8. The number of anilines is 4. The summed E-state index contributed by atoms with van der Waals surface area (Å²) < 4.78 is 61.2. The third-order valence-electron chi connectivity index (χ3n) is 11.1. The van der Waals surface area contributed by atoms with E-state index >= 15 is 0 Å². The molecule has 0 saturated carbocycles. The number of carbonyl (C=O) groups excluding carboxylic acids is 4. The van der Waals surface area contributed by atoms with Gasteiger partial charge < -0.3 is 20.3 Å². The number of amides is 4. The Morgan fingerprint density at radius 3 is 2.49 bits per heavy atom. The van der Waals surface area contributed by atoms with Crippen molar-refractivity contribution in [2.75, 3.05) is 46.8 Å². The fourth-order valence-electron chi connectivity index (χ4n) is 7.75. The van der Waals surface area contributed by atoms with Gasteiger partial charge in [0.05, 0.1) is 36.8 Å². The number of piperidine rings is 2. The molecular formula is C41H46F4N8O5S. The molecule has 0 bridgehead atoms. The molecule has 2 aromatic carbocycles. The van der Waals surface area contributed by atoms with E-state index in [4.69, 9.17) is 4.74 Å². The zero-order valence-corrected chi connectivity index (χ0v) is 33.7. The van der Waals surface area contributed by atoms with E-state index in [-0.39, 0.29) is 36.3 Å². The molecule has 0 unspecified atom stereocenters. The summed E-state index contributed by atoms with van der Waals surface area (Å²) in [5.41, 5.74) is -2.30. The summed E-state index contributed by atoms with van der Waals surface area (Å²) in [5, 5.41) is 17.6. The fraction of sp³-hybridized carbons (Fsp3) is 0.463. The number of alkyl halides is 4. The number of carbonyl (C=O) groups is 4. The minimum absolute atomic E-state index is 0.0276. The summed E-state index contributed by atoms with van der Waals surface area (Å²) in [6.45, 7) is 6.20. The van der Waals surface area contributed by atoms with Crippen LogP contribution in [0.5, 0.6) is 5.75 Å². The van der Waals surface area contributed by atoms with Gasteiger partial charge in [0, 0.05) is 29.9 Å². The Morgan fingerprint density at radius 1 is 1.08 bits per heavy atom. The van der Waals surface area contributed by atoms with Crippen LogP contribution in [-0.4, -0.2) is 83.0 Å². The van der Waals surface area contributed by atoms with Gasteiger partial charge in [0.15, 0.2) is 11.2 Å². The Kier molecular flexibility index (Phi) is 13.1. The number of aromatic nitrogens is 1. The number of likely N-dealkylation sites (tertiary alicyclic amines) is 1. The van der Waals surface area contributed by atoms with Crippen molar-refractivity contribution in [3.8, 4) is 11.8 Å². The zero-order chi connectivity index (χ0) is 42.6. The second-order valence-corrected chi connectivity index (χ2v) is 15.9. The van der Waals surface area contributed by atoms with Crippen LogP contribution in [0.3, 0.4) is 0 Å². The van der Waals surface area contributed by atoms with E-state index in [1.165, 1.54) is 6.07 Å². The van der Waals surface area contributed by atoms with E-state index in [0.29, 0.717) is 66.5 Å². The van der Waals surface area contributed by atoms with E-state index in [0.717, 1.165) is 30.4 Å². The van der Waals surface area contributed by atoms with Crippen molar-refractivity contribution in [3.63, 3.8) is 0 Å².